The smallest absolute Gasteiger partial charge is 0.270 e. The minimum Gasteiger partial charge on any atom is -0.286 e. The molecule has 3 rings (SSSR count). The summed E-state index contributed by atoms with van der Waals surface area (Å²) in [5, 5.41) is 11.6. The lowest BCUT2D eigenvalue weighted by atomic mass is 10.2. The van der Waals surface area contributed by atoms with Crippen LogP contribution < -0.4 is 0 Å². The van der Waals surface area contributed by atoms with Gasteiger partial charge in [0.2, 0.25) is 0 Å². The fourth-order valence-electron chi connectivity index (χ4n) is 2.62. The Morgan fingerprint density at radius 3 is 2.63 bits per heavy atom. The van der Waals surface area contributed by atoms with Crippen molar-refractivity contribution in [1.82, 2.24) is 4.90 Å². The van der Waals surface area contributed by atoms with Crippen molar-refractivity contribution >= 4 is 40.3 Å². The zero-order valence-electron chi connectivity index (χ0n) is 15.1. The summed E-state index contributed by atoms with van der Waals surface area (Å²) in [5.41, 5.74) is 2.55. The van der Waals surface area contributed by atoms with Crippen molar-refractivity contribution in [2.24, 2.45) is 4.99 Å². The largest absolute Gasteiger partial charge is 0.286 e. The van der Waals surface area contributed by atoms with Gasteiger partial charge in [-0.1, -0.05) is 36.8 Å². The maximum Gasteiger partial charge on any atom is 0.270 e. The Hall–Kier alpha value is -2.93. The molecular formula is C20H19N3O3S. The lowest BCUT2D eigenvalue weighted by Crippen LogP contribution is -2.29. The number of thioether (sulfide) groups is 1. The Labute approximate surface area is 161 Å². The van der Waals surface area contributed by atoms with E-state index in [4.69, 9.17) is 0 Å². The van der Waals surface area contributed by atoms with Crippen molar-refractivity contribution in [2.45, 2.75) is 20.3 Å². The lowest BCUT2D eigenvalue weighted by Gasteiger charge is -2.13. The number of amides is 1. The van der Waals surface area contributed by atoms with Gasteiger partial charge in [-0.3, -0.25) is 19.8 Å². The fraction of sp³-hybridized carbons (Fsp3) is 0.200. The summed E-state index contributed by atoms with van der Waals surface area (Å²) >= 11 is 1.29. The lowest BCUT2D eigenvalue weighted by molar-refractivity contribution is -0.384. The van der Waals surface area contributed by atoms with E-state index in [0.717, 1.165) is 17.7 Å². The van der Waals surface area contributed by atoms with E-state index < -0.39 is 4.92 Å². The SMILES string of the molecule is CCCN1C(=O)/C(=C\c2cccc([N+](=O)[O-])c2)SC1=Nc1ccc(C)cc1. The second kappa shape index (κ2) is 8.18. The Balaban J connectivity index is 1.94. The predicted molar refractivity (Wildman–Crippen MR) is 109 cm³/mol. The van der Waals surface area contributed by atoms with E-state index in [1.807, 2.05) is 38.1 Å². The minimum absolute atomic E-state index is 0.00115. The van der Waals surface area contributed by atoms with Gasteiger partial charge in [-0.25, -0.2) is 4.99 Å². The number of hydrogen-bond donors (Lipinski definition) is 0. The maximum atomic E-state index is 12.8. The van der Waals surface area contributed by atoms with Gasteiger partial charge >= 0.3 is 0 Å². The quantitative estimate of drug-likeness (QED) is 0.419. The molecule has 0 aromatic heterocycles. The normalized spacial score (nSPS) is 17.1. The van der Waals surface area contributed by atoms with Crippen LogP contribution in [0.15, 0.2) is 58.4 Å². The second-order valence-electron chi connectivity index (χ2n) is 6.15. The van der Waals surface area contributed by atoms with Gasteiger partial charge in [0.1, 0.15) is 0 Å². The standard InChI is InChI=1S/C20H19N3O3S/c1-3-11-22-19(24)18(13-15-5-4-6-17(12-15)23(25)26)27-20(22)21-16-9-7-14(2)8-10-16/h4-10,12-13H,3,11H2,1-2H3/b18-13+,21-20?. The van der Waals surface area contributed by atoms with Crippen molar-refractivity contribution < 1.29 is 9.72 Å². The van der Waals surface area contributed by atoms with Crippen molar-refractivity contribution in [3.8, 4) is 0 Å². The van der Waals surface area contributed by atoms with Crippen molar-refractivity contribution in [3.63, 3.8) is 0 Å². The number of aliphatic imine (C=N–C) groups is 1. The molecule has 2 aromatic rings. The van der Waals surface area contributed by atoms with E-state index in [2.05, 4.69) is 4.99 Å². The molecule has 0 atom stereocenters. The van der Waals surface area contributed by atoms with Gasteiger partial charge in [-0.2, -0.15) is 0 Å². The fourth-order valence-corrected chi connectivity index (χ4v) is 3.65. The van der Waals surface area contributed by atoms with Crippen molar-refractivity contribution in [1.29, 1.82) is 0 Å². The predicted octanol–water partition coefficient (Wildman–Crippen LogP) is 4.92. The molecule has 7 heteroatoms. The van der Waals surface area contributed by atoms with Crippen LogP contribution >= 0.6 is 11.8 Å². The van der Waals surface area contributed by atoms with Crippen LogP contribution in [0.2, 0.25) is 0 Å². The van der Waals surface area contributed by atoms with E-state index >= 15 is 0 Å². The van der Waals surface area contributed by atoms with Gasteiger partial charge < -0.3 is 0 Å². The minimum atomic E-state index is -0.445. The highest BCUT2D eigenvalue weighted by atomic mass is 32.2. The summed E-state index contributed by atoms with van der Waals surface area (Å²) in [6.07, 6.45) is 2.49. The molecule has 6 nitrogen and oxygen atoms in total. The van der Waals surface area contributed by atoms with Crippen LogP contribution in [0.4, 0.5) is 11.4 Å². The zero-order valence-corrected chi connectivity index (χ0v) is 15.9. The molecule has 1 aliphatic heterocycles. The molecule has 138 valence electrons. The first-order valence-corrected chi connectivity index (χ1v) is 9.41. The number of nitro benzene ring substituents is 1. The van der Waals surface area contributed by atoms with E-state index in [1.165, 1.54) is 23.9 Å². The molecule has 27 heavy (non-hydrogen) atoms. The molecule has 0 spiro atoms. The molecule has 0 radical (unpaired) electrons. The first-order chi connectivity index (χ1) is 13.0. The molecule has 1 saturated heterocycles. The van der Waals surface area contributed by atoms with Crippen LogP contribution in [-0.4, -0.2) is 27.4 Å². The number of non-ortho nitro benzene ring substituents is 1. The summed E-state index contributed by atoms with van der Waals surface area (Å²) in [6, 6.07) is 14.0. The first kappa shape index (κ1) is 18.8. The van der Waals surface area contributed by atoms with E-state index in [-0.39, 0.29) is 11.6 Å². The number of carbonyl (C=O) groups excluding carboxylic acids is 1. The van der Waals surface area contributed by atoms with Crippen molar-refractivity contribution in [3.05, 3.63) is 74.7 Å². The number of benzene rings is 2. The van der Waals surface area contributed by atoms with Crippen LogP contribution in [0.5, 0.6) is 0 Å². The number of aryl methyl sites for hydroxylation is 1. The number of carbonyl (C=O) groups is 1. The van der Waals surface area contributed by atoms with Gasteiger partial charge in [-0.05, 0) is 48.9 Å². The average molecular weight is 381 g/mol. The van der Waals surface area contributed by atoms with Gasteiger partial charge in [0.25, 0.3) is 11.6 Å². The van der Waals surface area contributed by atoms with Crippen LogP contribution in [0.1, 0.15) is 24.5 Å². The van der Waals surface area contributed by atoms with E-state index in [0.29, 0.717) is 22.2 Å². The Bertz CT molecular complexity index is 936. The molecule has 0 unspecified atom stereocenters. The van der Waals surface area contributed by atoms with Crippen molar-refractivity contribution in [2.75, 3.05) is 6.54 Å². The Morgan fingerprint density at radius 1 is 1.22 bits per heavy atom. The molecular weight excluding hydrogens is 362 g/mol. The third kappa shape index (κ3) is 4.43. The molecule has 0 aliphatic carbocycles. The van der Waals surface area contributed by atoms with E-state index in [9.17, 15) is 14.9 Å². The molecule has 1 amide bonds. The highest BCUT2D eigenvalue weighted by Gasteiger charge is 2.32. The molecule has 1 fully saturated rings. The number of nitro groups is 1. The molecule has 0 bridgehead atoms. The molecule has 1 aliphatic rings. The van der Waals surface area contributed by atoms with E-state index in [1.54, 1.807) is 23.1 Å². The van der Waals surface area contributed by atoms with Gasteiger partial charge in [0.15, 0.2) is 5.17 Å². The molecule has 0 N–H and O–H groups in total. The number of amidine groups is 1. The third-order valence-electron chi connectivity index (χ3n) is 3.97. The Morgan fingerprint density at radius 2 is 1.96 bits per heavy atom. The first-order valence-electron chi connectivity index (χ1n) is 8.59. The summed E-state index contributed by atoms with van der Waals surface area (Å²) < 4.78 is 0. The maximum absolute atomic E-state index is 12.8. The zero-order chi connectivity index (χ0) is 19.4. The van der Waals surface area contributed by atoms with Crippen LogP contribution in [0.25, 0.3) is 6.08 Å². The summed E-state index contributed by atoms with van der Waals surface area (Å²) in [7, 11) is 0. The molecule has 2 aromatic carbocycles. The topological polar surface area (TPSA) is 75.8 Å². The summed E-state index contributed by atoms with van der Waals surface area (Å²) in [6.45, 7) is 4.58. The van der Waals surface area contributed by atoms with Gasteiger partial charge in [-0.15, -0.1) is 0 Å². The average Bonchev–Trinajstić information content (AvgIpc) is 2.93. The van der Waals surface area contributed by atoms with Gasteiger partial charge in [0, 0.05) is 18.7 Å². The Kier molecular flexibility index (Phi) is 5.71. The number of rotatable bonds is 5. The molecule has 0 saturated carbocycles. The van der Waals surface area contributed by atoms with Crippen LogP contribution in [0, 0.1) is 17.0 Å². The number of hydrogen-bond acceptors (Lipinski definition) is 5. The highest BCUT2D eigenvalue weighted by molar-refractivity contribution is 8.18. The summed E-state index contributed by atoms with van der Waals surface area (Å²) in [4.78, 5) is 30.1. The van der Waals surface area contributed by atoms with Crippen LogP contribution in [0.3, 0.4) is 0 Å². The van der Waals surface area contributed by atoms with Crippen LogP contribution in [-0.2, 0) is 4.79 Å². The third-order valence-corrected chi connectivity index (χ3v) is 4.98. The van der Waals surface area contributed by atoms with Gasteiger partial charge in [0.05, 0.1) is 15.5 Å². The summed E-state index contributed by atoms with van der Waals surface area (Å²) in [5.74, 6) is -0.126. The number of nitrogens with zero attached hydrogens (tertiary/aromatic N) is 3. The highest BCUT2D eigenvalue weighted by Crippen LogP contribution is 2.34. The monoisotopic (exact) mass is 381 g/mol. The second-order valence-corrected chi connectivity index (χ2v) is 7.16. The molecule has 1 heterocycles.